The van der Waals surface area contributed by atoms with Crippen LogP contribution in [0, 0.1) is 5.41 Å². The number of carbonyl (C=O) groups is 1. The Bertz CT molecular complexity index is 1440. The van der Waals surface area contributed by atoms with Gasteiger partial charge in [0.2, 0.25) is 0 Å². The number of carbonyl (C=O) groups excluding carboxylic acids is 1. The maximum absolute atomic E-state index is 13.0. The molecule has 4 aromatic rings. The molecule has 8 heteroatoms. The molecule has 3 heterocycles. The average molecular weight is 503 g/mol. The van der Waals surface area contributed by atoms with Crippen molar-refractivity contribution in [1.82, 2.24) is 14.5 Å². The number of nitrogens with zero attached hydrogens (tertiary/aromatic N) is 3. The van der Waals surface area contributed by atoms with Crippen LogP contribution in [0.5, 0.6) is 5.75 Å². The molecule has 37 heavy (non-hydrogen) atoms. The van der Waals surface area contributed by atoms with Crippen LogP contribution in [0.2, 0.25) is 0 Å². The van der Waals surface area contributed by atoms with Crippen molar-refractivity contribution in [2.45, 2.75) is 45.6 Å². The van der Waals surface area contributed by atoms with Gasteiger partial charge in [-0.2, -0.15) is 0 Å². The third kappa shape index (κ3) is 4.19. The molecule has 2 N–H and O–H groups in total. The van der Waals surface area contributed by atoms with E-state index in [9.17, 15) is 4.79 Å². The lowest BCUT2D eigenvalue weighted by molar-refractivity contribution is -0.0568. The van der Waals surface area contributed by atoms with Gasteiger partial charge in [0.25, 0.3) is 0 Å². The van der Waals surface area contributed by atoms with E-state index in [0.29, 0.717) is 42.3 Å². The number of para-hydroxylation sites is 2. The number of hydrogen-bond donors (Lipinski definition) is 1. The molecule has 2 aromatic heterocycles. The van der Waals surface area contributed by atoms with Gasteiger partial charge in [-0.05, 0) is 55.0 Å². The Labute approximate surface area is 216 Å². The zero-order valence-corrected chi connectivity index (χ0v) is 21.9. The average Bonchev–Trinajstić information content (AvgIpc) is 3.16. The number of nitrogen functional groups attached to an aromatic ring is 1. The molecule has 0 spiro atoms. The highest BCUT2D eigenvalue weighted by atomic mass is 16.5. The van der Waals surface area contributed by atoms with Crippen LogP contribution in [0.25, 0.3) is 22.2 Å². The second kappa shape index (κ2) is 9.67. The minimum Gasteiger partial charge on any atom is -0.497 e. The second-order valence-corrected chi connectivity index (χ2v) is 10.3. The van der Waals surface area contributed by atoms with Gasteiger partial charge in [0.15, 0.2) is 5.65 Å². The van der Waals surface area contributed by atoms with Gasteiger partial charge in [0.05, 0.1) is 31.4 Å². The van der Waals surface area contributed by atoms with E-state index in [-0.39, 0.29) is 23.0 Å². The van der Waals surface area contributed by atoms with Crippen LogP contribution in [0.15, 0.2) is 48.5 Å². The van der Waals surface area contributed by atoms with Gasteiger partial charge >= 0.3 is 5.97 Å². The monoisotopic (exact) mass is 502 g/mol. The minimum absolute atomic E-state index is 0.139. The molecule has 0 aliphatic carbocycles. The summed E-state index contributed by atoms with van der Waals surface area (Å²) in [5, 5.41) is 0. The Morgan fingerprint density at radius 3 is 2.46 bits per heavy atom. The van der Waals surface area contributed by atoms with E-state index in [0.717, 1.165) is 24.1 Å². The van der Waals surface area contributed by atoms with Crippen LogP contribution in [-0.2, 0) is 21.4 Å². The molecular weight excluding hydrogens is 468 g/mol. The molecule has 0 amide bonds. The number of benzene rings is 2. The summed E-state index contributed by atoms with van der Waals surface area (Å²) in [4.78, 5) is 22.6. The van der Waals surface area contributed by atoms with Crippen molar-refractivity contribution in [3.05, 3.63) is 59.7 Å². The van der Waals surface area contributed by atoms with Crippen molar-refractivity contribution in [3.8, 4) is 5.75 Å². The maximum Gasteiger partial charge on any atom is 0.344 e. The summed E-state index contributed by atoms with van der Waals surface area (Å²) < 4.78 is 18.6. The highest BCUT2D eigenvalue weighted by molar-refractivity contribution is 6.08. The predicted molar refractivity (Wildman–Crippen MR) is 144 cm³/mol. The minimum atomic E-state index is -0.482. The lowest BCUT2D eigenvalue weighted by Gasteiger charge is -2.51. The zero-order valence-electron chi connectivity index (χ0n) is 21.9. The molecule has 1 atom stereocenters. The third-order valence-corrected chi connectivity index (χ3v) is 7.91. The first-order chi connectivity index (χ1) is 17.8. The molecule has 0 unspecified atom stereocenters. The fraction of sp³-hybridized carbons (Fsp3) is 0.414. The number of fused-ring (bicyclic) bond motifs is 2. The van der Waals surface area contributed by atoms with Gasteiger partial charge in [-0.3, -0.25) is 0 Å². The van der Waals surface area contributed by atoms with Crippen LogP contribution >= 0.6 is 0 Å². The van der Waals surface area contributed by atoms with Crippen LogP contribution in [0.4, 0.5) is 5.82 Å². The topological polar surface area (TPSA) is 101 Å². The first-order valence-electron chi connectivity index (χ1n) is 12.7. The Morgan fingerprint density at radius 1 is 1.11 bits per heavy atom. The SMILES string of the molecule is CCOC(=O)c1c(N)n(CC[C@@]2(c3ccc(OC)cc3)CCOCC2(C)C)c2nc3ccccc3nc12. The van der Waals surface area contributed by atoms with Gasteiger partial charge in [-0.25, -0.2) is 14.8 Å². The van der Waals surface area contributed by atoms with Crippen molar-refractivity contribution in [1.29, 1.82) is 0 Å². The van der Waals surface area contributed by atoms with E-state index in [1.54, 1.807) is 14.0 Å². The molecule has 1 fully saturated rings. The molecule has 0 saturated carbocycles. The first kappa shape index (κ1) is 25.0. The first-order valence-corrected chi connectivity index (χ1v) is 12.7. The quantitative estimate of drug-likeness (QED) is 0.350. The van der Waals surface area contributed by atoms with E-state index >= 15 is 0 Å². The second-order valence-electron chi connectivity index (χ2n) is 10.3. The van der Waals surface area contributed by atoms with Crippen molar-refractivity contribution >= 4 is 34.0 Å². The van der Waals surface area contributed by atoms with Crippen LogP contribution < -0.4 is 10.5 Å². The number of methoxy groups -OCH3 is 1. The molecule has 0 radical (unpaired) electrons. The number of aromatic nitrogens is 3. The van der Waals surface area contributed by atoms with Gasteiger partial charge < -0.3 is 24.5 Å². The summed E-state index contributed by atoms with van der Waals surface area (Å²) in [6.45, 7) is 8.43. The Balaban J connectivity index is 1.63. The molecule has 8 nitrogen and oxygen atoms in total. The van der Waals surface area contributed by atoms with Crippen molar-refractivity contribution in [2.24, 2.45) is 5.41 Å². The fourth-order valence-corrected chi connectivity index (χ4v) is 5.75. The molecule has 194 valence electrons. The van der Waals surface area contributed by atoms with E-state index < -0.39 is 5.97 Å². The Morgan fingerprint density at radius 2 is 1.81 bits per heavy atom. The van der Waals surface area contributed by atoms with Crippen LogP contribution in [0.1, 0.15) is 49.5 Å². The number of nitrogens with two attached hydrogens (primary N) is 1. The molecule has 1 saturated heterocycles. The number of rotatable bonds is 7. The largest absolute Gasteiger partial charge is 0.497 e. The summed E-state index contributed by atoms with van der Waals surface area (Å²) in [5.74, 6) is 0.675. The lowest BCUT2D eigenvalue weighted by atomic mass is 9.57. The number of anilines is 1. The Kier molecular flexibility index (Phi) is 6.54. The maximum atomic E-state index is 13.0. The third-order valence-electron chi connectivity index (χ3n) is 7.91. The fourth-order valence-electron chi connectivity index (χ4n) is 5.75. The zero-order chi connectivity index (χ0) is 26.2. The molecule has 5 rings (SSSR count). The van der Waals surface area contributed by atoms with E-state index in [2.05, 4.69) is 26.0 Å². The number of hydrogen-bond acceptors (Lipinski definition) is 7. The van der Waals surface area contributed by atoms with E-state index in [1.807, 2.05) is 41.0 Å². The normalized spacial score (nSPS) is 19.2. The van der Waals surface area contributed by atoms with Gasteiger partial charge in [0.1, 0.15) is 22.6 Å². The predicted octanol–water partition coefficient (Wildman–Crippen LogP) is 5.13. The molecule has 2 aromatic carbocycles. The molecule has 0 bridgehead atoms. The summed E-state index contributed by atoms with van der Waals surface area (Å²) in [7, 11) is 1.68. The van der Waals surface area contributed by atoms with Crippen molar-refractivity contribution < 1.29 is 19.0 Å². The van der Waals surface area contributed by atoms with Crippen LogP contribution in [-0.4, -0.2) is 47.4 Å². The van der Waals surface area contributed by atoms with Gasteiger partial charge in [-0.15, -0.1) is 0 Å². The summed E-state index contributed by atoms with van der Waals surface area (Å²) in [5.41, 5.74) is 10.4. The van der Waals surface area contributed by atoms with E-state index in [4.69, 9.17) is 29.9 Å². The number of ether oxygens (including phenoxy) is 3. The summed E-state index contributed by atoms with van der Waals surface area (Å²) in [6.07, 6.45) is 1.64. The Hall–Kier alpha value is -3.65. The van der Waals surface area contributed by atoms with Crippen molar-refractivity contribution in [2.75, 3.05) is 32.7 Å². The molecular formula is C29H34N4O4. The molecule has 1 aliphatic heterocycles. The van der Waals surface area contributed by atoms with Gasteiger partial charge in [-0.1, -0.05) is 38.1 Å². The standard InChI is InChI=1S/C29H34N4O4/c1-5-37-27(34)23-24-26(32-22-9-7-6-8-21(22)31-24)33(25(23)30)16-14-29(15-17-36-18-28(29,2)3)19-10-12-20(35-4)13-11-19/h6-13H,5,14-18,30H2,1-4H3/t29-/m0/s1. The van der Waals surface area contributed by atoms with Gasteiger partial charge in [0, 0.05) is 18.6 Å². The summed E-state index contributed by atoms with van der Waals surface area (Å²) in [6, 6.07) is 16.0. The number of aryl methyl sites for hydroxylation is 1. The highest BCUT2D eigenvalue weighted by Gasteiger charge is 2.48. The van der Waals surface area contributed by atoms with Crippen molar-refractivity contribution in [3.63, 3.8) is 0 Å². The summed E-state index contributed by atoms with van der Waals surface area (Å²) >= 11 is 0. The lowest BCUT2D eigenvalue weighted by Crippen LogP contribution is -2.50. The van der Waals surface area contributed by atoms with Crippen LogP contribution in [0.3, 0.4) is 0 Å². The number of esters is 1. The smallest absolute Gasteiger partial charge is 0.344 e. The highest BCUT2D eigenvalue weighted by Crippen LogP contribution is 2.50. The van der Waals surface area contributed by atoms with E-state index in [1.165, 1.54) is 5.56 Å². The molecule has 1 aliphatic rings.